The summed E-state index contributed by atoms with van der Waals surface area (Å²) in [6.07, 6.45) is 7.20. The number of nitrogens with one attached hydrogen (secondary N) is 2. The number of likely N-dealkylation sites (tertiary alicyclic amines) is 1. The number of rotatable bonds is 5. The van der Waals surface area contributed by atoms with Gasteiger partial charge in [-0.25, -0.2) is 9.97 Å². The smallest absolute Gasteiger partial charge is 0.290 e. The first-order chi connectivity index (χ1) is 13.7. The van der Waals surface area contributed by atoms with Gasteiger partial charge in [0.2, 0.25) is 5.95 Å². The van der Waals surface area contributed by atoms with Crippen LogP contribution in [0.25, 0.3) is 6.08 Å². The predicted octanol–water partition coefficient (Wildman–Crippen LogP) is 2.27. The number of aromatic nitrogens is 3. The number of nitrogens with zero attached hydrogens (tertiary/aromatic N) is 4. The Hall–Kier alpha value is -2.78. The average molecular weight is 396 g/mol. The van der Waals surface area contributed by atoms with Crippen molar-refractivity contribution in [3.63, 3.8) is 0 Å². The Morgan fingerprint density at radius 1 is 1.25 bits per heavy atom. The van der Waals surface area contributed by atoms with Crippen LogP contribution in [0.4, 0.5) is 10.7 Å². The number of carbonyl (C=O) groups is 2. The number of carbonyl (C=O) groups excluding carboxylic acids is 2. The van der Waals surface area contributed by atoms with E-state index in [9.17, 15) is 9.59 Å². The fraction of sp³-hybridized carbons (Fsp3) is 0.316. The molecule has 2 amide bonds. The molecule has 28 heavy (non-hydrogen) atoms. The van der Waals surface area contributed by atoms with Gasteiger partial charge in [-0.15, -0.1) is 0 Å². The second-order valence-electron chi connectivity index (χ2n) is 6.70. The third-order valence-corrected chi connectivity index (χ3v) is 5.36. The van der Waals surface area contributed by atoms with Crippen LogP contribution in [0, 0.1) is 0 Å². The van der Waals surface area contributed by atoms with Crippen LogP contribution in [0.2, 0.25) is 0 Å². The fourth-order valence-electron chi connectivity index (χ4n) is 3.30. The molecule has 4 heterocycles. The highest BCUT2D eigenvalue weighted by atomic mass is 32.2. The number of pyridine rings is 1. The lowest BCUT2D eigenvalue weighted by atomic mass is 10.1. The molecule has 2 aromatic rings. The van der Waals surface area contributed by atoms with Gasteiger partial charge in [-0.1, -0.05) is 6.07 Å². The van der Waals surface area contributed by atoms with Crippen molar-refractivity contribution in [3.8, 4) is 0 Å². The van der Waals surface area contributed by atoms with Crippen molar-refractivity contribution in [1.82, 2.24) is 25.2 Å². The van der Waals surface area contributed by atoms with Gasteiger partial charge in [-0.3, -0.25) is 24.8 Å². The lowest BCUT2D eigenvalue weighted by Gasteiger charge is -2.32. The molecule has 0 bridgehead atoms. The standard InChI is InChI=1S/C19H20N6O2S/c26-17-16(28-19(27)24-17)10-13-6-8-21-18(22-13)23-15-5-3-9-25(12-15)11-14-4-1-2-7-20-14/h1-2,4,6-8,10,15H,3,5,9,11-12H2,(H,21,22,23)(H,24,26,27)/b16-10+. The van der Waals surface area contributed by atoms with Gasteiger partial charge >= 0.3 is 0 Å². The summed E-state index contributed by atoms with van der Waals surface area (Å²) in [5, 5.41) is 5.27. The Kier molecular flexibility index (Phi) is 5.63. The molecule has 0 saturated carbocycles. The van der Waals surface area contributed by atoms with Crippen LogP contribution in [-0.2, 0) is 11.3 Å². The minimum absolute atomic E-state index is 0.242. The second kappa shape index (κ2) is 8.49. The molecule has 2 N–H and O–H groups in total. The third kappa shape index (κ3) is 4.73. The van der Waals surface area contributed by atoms with Crippen LogP contribution in [-0.4, -0.2) is 50.1 Å². The van der Waals surface area contributed by atoms with Gasteiger partial charge in [-0.2, -0.15) is 0 Å². The molecule has 2 aliphatic heterocycles. The Morgan fingerprint density at radius 2 is 2.18 bits per heavy atom. The van der Waals surface area contributed by atoms with Crippen LogP contribution in [0.1, 0.15) is 24.2 Å². The molecule has 8 nitrogen and oxygen atoms in total. The molecule has 144 valence electrons. The highest BCUT2D eigenvalue weighted by molar-refractivity contribution is 8.18. The van der Waals surface area contributed by atoms with E-state index in [1.165, 1.54) is 0 Å². The highest BCUT2D eigenvalue weighted by Crippen LogP contribution is 2.25. The van der Waals surface area contributed by atoms with Crippen molar-refractivity contribution in [2.45, 2.75) is 25.4 Å². The van der Waals surface area contributed by atoms with Gasteiger partial charge in [0.15, 0.2) is 0 Å². The van der Waals surface area contributed by atoms with E-state index in [4.69, 9.17) is 0 Å². The second-order valence-corrected chi connectivity index (χ2v) is 7.71. The number of hydrogen-bond donors (Lipinski definition) is 2. The van der Waals surface area contributed by atoms with E-state index in [-0.39, 0.29) is 17.2 Å². The van der Waals surface area contributed by atoms with Crippen molar-refractivity contribution in [3.05, 3.63) is 53.0 Å². The van der Waals surface area contributed by atoms with Crippen LogP contribution < -0.4 is 10.6 Å². The molecule has 0 radical (unpaired) electrons. The summed E-state index contributed by atoms with van der Waals surface area (Å²) in [4.78, 5) is 38.8. The number of amides is 2. The number of anilines is 1. The highest BCUT2D eigenvalue weighted by Gasteiger charge is 2.25. The molecular formula is C19H20N6O2S. The largest absolute Gasteiger partial charge is 0.350 e. The van der Waals surface area contributed by atoms with E-state index in [0.29, 0.717) is 16.5 Å². The van der Waals surface area contributed by atoms with Crippen molar-refractivity contribution < 1.29 is 9.59 Å². The zero-order valence-electron chi connectivity index (χ0n) is 15.2. The summed E-state index contributed by atoms with van der Waals surface area (Å²) >= 11 is 0.879. The Bertz CT molecular complexity index is 904. The quantitative estimate of drug-likeness (QED) is 0.743. The van der Waals surface area contributed by atoms with Gasteiger partial charge in [0, 0.05) is 31.5 Å². The Balaban J connectivity index is 1.39. The molecule has 2 aromatic heterocycles. The van der Waals surface area contributed by atoms with Gasteiger partial charge in [-0.05, 0) is 55.4 Å². The van der Waals surface area contributed by atoms with E-state index in [2.05, 4.69) is 30.5 Å². The SMILES string of the molecule is O=C1NC(=O)/C(=C\c2ccnc(NC3CCCN(Cc4ccccn4)C3)n2)S1. The average Bonchev–Trinajstić information content (AvgIpc) is 3.00. The van der Waals surface area contributed by atoms with Crippen molar-refractivity contribution in [2.75, 3.05) is 18.4 Å². The molecule has 0 aliphatic carbocycles. The third-order valence-electron chi connectivity index (χ3n) is 4.55. The summed E-state index contributed by atoms with van der Waals surface area (Å²) in [6, 6.07) is 7.92. The van der Waals surface area contributed by atoms with E-state index in [0.717, 1.165) is 49.9 Å². The van der Waals surface area contributed by atoms with Gasteiger partial charge < -0.3 is 5.32 Å². The molecule has 4 rings (SSSR count). The van der Waals surface area contributed by atoms with Crippen LogP contribution >= 0.6 is 11.8 Å². The topological polar surface area (TPSA) is 100 Å². The first kappa shape index (κ1) is 18.6. The van der Waals surface area contributed by atoms with Gasteiger partial charge in [0.25, 0.3) is 11.1 Å². The maximum Gasteiger partial charge on any atom is 0.290 e. The fourth-order valence-corrected chi connectivity index (χ4v) is 3.97. The monoisotopic (exact) mass is 396 g/mol. The summed E-state index contributed by atoms with van der Waals surface area (Å²) in [7, 11) is 0. The lowest BCUT2D eigenvalue weighted by molar-refractivity contribution is -0.115. The molecule has 0 aromatic carbocycles. The summed E-state index contributed by atoms with van der Waals surface area (Å²) in [5.41, 5.74) is 1.65. The summed E-state index contributed by atoms with van der Waals surface area (Å²) < 4.78 is 0. The number of thioether (sulfide) groups is 1. The maximum atomic E-state index is 11.7. The molecule has 9 heteroatoms. The number of imide groups is 1. The normalized spacial score (nSPS) is 21.7. The van der Waals surface area contributed by atoms with Crippen LogP contribution in [0.3, 0.4) is 0 Å². The zero-order chi connectivity index (χ0) is 19.3. The molecule has 2 saturated heterocycles. The van der Waals surface area contributed by atoms with E-state index < -0.39 is 0 Å². The summed E-state index contributed by atoms with van der Waals surface area (Å²) in [5.74, 6) is 0.134. The summed E-state index contributed by atoms with van der Waals surface area (Å²) in [6.45, 7) is 2.76. The maximum absolute atomic E-state index is 11.7. The zero-order valence-corrected chi connectivity index (χ0v) is 16.0. The van der Waals surface area contributed by atoms with E-state index in [1.807, 2.05) is 24.4 Å². The van der Waals surface area contributed by atoms with Gasteiger partial charge in [0.1, 0.15) is 0 Å². The van der Waals surface area contributed by atoms with Crippen LogP contribution in [0.15, 0.2) is 41.6 Å². The number of hydrogen-bond acceptors (Lipinski definition) is 8. The Labute approximate surface area is 166 Å². The molecule has 0 spiro atoms. The number of piperidine rings is 1. The molecule has 2 aliphatic rings. The molecule has 2 fully saturated rings. The molecule has 1 atom stereocenters. The van der Waals surface area contributed by atoms with Crippen molar-refractivity contribution >= 4 is 34.9 Å². The van der Waals surface area contributed by atoms with Crippen molar-refractivity contribution in [2.24, 2.45) is 0 Å². The lowest BCUT2D eigenvalue weighted by Crippen LogP contribution is -2.42. The van der Waals surface area contributed by atoms with Crippen LogP contribution in [0.5, 0.6) is 0 Å². The minimum Gasteiger partial charge on any atom is -0.350 e. The molecule has 1 unspecified atom stereocenters. The van der Waals surface area contributed by atoms with Gasteiger partial charge in [0.05, 0.1) is 16.3 Å². The first-order valence-electron chi connectivity index (χ1n) is 9.12. The van der Waals surface area contributed by atoms with E-state index >= 15 is 0 Å². The molecular weight excluding hydrogens is 376 g/mol. The predicted molar refractivity (Wildman–Crippen MR) is 107 cm³/mol. The minimum atomic E-state index is -0.388. The Morgan fingerprint density at radius 3 is 2.96 bits per heavy atom. The van der Waals surface area contributed by atoms with E-state index in [1.54, 1.807) is 18.3 Å². The first-order valence-corrected chi connectivity index (χ1v) is 9.94. The van der Waals surface area contributed by atoms with Crippen molar-refractivity contribution in [1.29, 1.82) is 0 Å².